The Labute approximate surface area is 62.0 Å². The molecule has 2 N–H and O–H groups in total. The van der Waals surface area contributed by atoms with Crippen LogP contribution in [0, 0.1) is 11.3 Å². The maximum atomic E-state index is 5.99. The zero-order valence-electron chi connectivity index (χ0n) is 6.40. The molecule has 10 heavy (non-hydrogen) atoms. The van der Waals surface area contributed by atoms with E-state index in [0.29, 0.717) is 5.54 Å². The quantitative estimate of drug-likeness (QED) is 0.584. The number of rotatable bonds is 1. The van der Waals surface area contributed by atoms with E-state index in [4.69, 9.17) is 5.73 Å². The van der Waals surface area contributed by atoms with Gasteiger partial charge >= 0.3 is 0 Å². The van der Waals surface area contributed by atoms with Crippen LogP contribution >= 0.6 is 0 Å². The summed E-state index contributed by atoms with van der Waals surface area (Å²) >= 11 is 0. The Bertz CT molecular complexity index is 161. The summed E-state index contributed by atoms with van der Waals surface area (Å²) in [5, 5.41) is 0. The minimum absolute atomic E-state index is 0.343. The van der Waals surface area contributed by atoms with Crippen LogP contribution in [-0.4, -0.2) is 5.54 Å². The lowest BCUT2D eigenvalue weighted by atomic mass is 9.34. The molecule has 4 rings (SSSR count). The molecule has 4 fully saturated rings. The summed E-state index contributed by atoms with van der Waals surface area (Å²) in [5.74, 6) is 1.10. The second kappa shape index (κ2) is 1.29. The first kappa shape index (κ1) is 5.59. The summed E-state index contributed by atoms with van der Waals surface area (Å²) in [6, 6.07) is 0. The molecule has 4 aliphatic rings. The van der Waals surface area contributed by atoms with Crippen molar-refractivity contribution in [1.29, 1.82) is 0 Å². The monoisotopic (exact) mass is 137 g/mol. The molecule has 4 saturated carbocycles. The standard InChI is InChI=1S/C9H15N/c10-9-4-8(5-9,6-9)7-2-1-3-7/h7H,1-6,10H2. The van der Waals surface area contributed by atoms with Crippen LogP contribution in [0.15, 0.2) is 0 Å². The molecule has 0 unspecified atom stereocenters. The number of nitrogens with two attached hydrogens (primary N) is 1. The van der Waals surface area contributed by atoms with Crippen molar-refractivity contribution in [2.45, 2.75) is 44.1 Å². The van der Waals surface area contributed by atoms with Crippen LogP contribution in [0.1, 0.15) is 38.5 Å². The van der Waals surface area contributed by atoms with Crippen LogP contribution in [0.2, 0.25) is 0 Å². The van der Waals surface area contributed by atoms with Crippen molar-refractivity contribution in [3.63, 3.8) is 0 Å². The molecule has 56 valence electrons. The predicted octanol–water partition coefficient (Wildman–Crippen LogP) is 1.67. The fourth-order valence-electron chi connectivity index (χ4n) is 3.40. The fourth-order valence-corrected chi connectivity index (χ4v) is 3.40. The Morgan fingerprint density at radius 2 is 1.70 bits per heavy atom. The summed E-state index contributed by atoms with van der Waals surface area (Å²) in [7, 11) is 0. The molecule has 4 aliphatic carbocycles. The van der Waals surface area contributed by atoms with Crippen molar-refractivity contribution in [2.75, 3.05) is 0 Å². The van der Waals surface area contributed by atoms with E-state index in [2.05, 4.69) is 0 Å². The third-order valence-corrected chi connectivity index (χ3v) is 4.08. The summed E-state index contributed by atoms with van der Waals surface area (Å²) in [4.78, 5) is 0. The van der Waals surface area contributed by atoms with Crippen LogP contribution in [0.25, 0.3) is 0 Å². The first-order valence-corrected chi connectivity index (χ1v) is 4.52. The minimum atomic E-state index is 0.343. The molecule has 0 spiro atoms. The van der Waals surface area contributed by atoms with Crippen LogP contribution in [0.4, 0.5) is 0 Å². The average molecular weight is 137 g/mol. The van der Waals surface area contributed by atoms with E-state index in [9.17, 15) is 0 Å². The van der Waals surface area contributed by atoms with E-state index in [1.165, 1.54) is 38.5 Å². The molecule has 0 aromatic rings. The van der Waals surface area contributed by atoms with Gasteiger partial charge in [0, 0.05) is 5.54 Å². The Morgan fingerprint density at radius 3 is 2.00 bits per heavy atom. The SMILES string of the molecule is NC12CC(C3CCC3)(C1)C2. The Morgan fingerprint density at radius 1 is 1.10 bits per heavy atom. The zero-order chi connectivity index (χ0) is 6.82. The largest absolute Gasteiger partial charge is 0.325 e. The molecule has 1 heteroatoms. The lowest BCUT2D eigenvalue weighted by molar-refractivity contribution is -0.189. The van der Waals surface area contributed by atoms with Gasteiger partial charge in [-0.1, -0.05) is 6.42 Å². The van der Waals surface area contributed by atoms with Gasteiger partial charge in [0.25, 0.3) is 0 Å². The van der Waals surface area contributed by atoms with Crippen LogP contribution in [0.5, 0.6) is 0 Å². The molecule has 0 atom stereocenters. The minimum Gasteiger partial charge on any atom is -0.325 e. The predicted molar refractivity (Wildman–Crippen MR) is 40.5 cm³/mol. The average Bonchev–Trinajstić information content (AvgIpc) is 1.53. The van der Waals surface area contributed by atoms with Gasteiger partial charge in [0.15, 0.2) is 0 Å². The summed E-state index contributed by atoms with van der Waals surface area (Å²) in [5.41, 5.74) is 7.13. The molecule has 0 saturated heterocycles. The number of hydrogen-bond acceptors (Lipinski definition) is 1. The van der Waals surface area contributed by atoms with Crippen LogP contribution in [-0.2, 0) is 0 Å². The van der Waals surface area contributed by atoms with Gasteiger partial charge in [-0.05, 0) is 43.4 Å². The van der Waals surface area contributed by atoms with Crippen molar-refractivity contribution in [1.82, 2.24) is 0 Å². The van der Waals surface area contributed by atoms with Gasteiger partial charge in [-0.15, -0.1) is 0 Å². The van der Waals surface area contributed by atoms with Crippen molar-refractivity contribution in [3.8, 4) is 0 Å². The van der Waals surface area contributed by atoms with Crippen molar-refractivity contribution < 1.29 is 0 Å². The number of hydrogen-bond donors (Lipinski definition) is 1. The molecular formula is C9H15N. The Balaban J connectivity index is 1.74. The van der Waals surface area contributed by atoms with E-state index in [1.807, 2.05) is 0 Å². The van der Waals surface area contributed by atoms with Gasteiger partial charge in [-0.3, -0.25) is 0 Å². The molecule has 0 heterocycles. The van der Waals surface area contributed by atoms with E-state index < -0.39 is 0 Å². The first-order chi connectivity index (χ1) is 4.73. The molecule has 0 aliphatic heterocycles. The lowest BCUT2D eigenvalue weighted by Gasteiger charge is -2.73. The van der Waals surface area contributed by atoms with E-state index in [-0.39, 0.29) is 0 Å². The summed E-state index contributed by atoms with van der Waals surface area (Å²) in [6.45, 7) is 0. The Kier molecular flexibility index (Phi) is 0.722. The third kappa shape index (κ3) is 0.430. The van der Waals surface area contributed by atoms with Gasteiger partial charge < -0.3 is 5.73 Å². The topological polar surface area (TPSA) is 26.0 Å². The maximum Gasteiger partial charge on any atom is 0.0170 e. The highest BCUT2D eigenvalue weighted by Crippen LogP contribution is 2.72. The zero-order valence-corrected chi connectivity index (χ0v) is 6.40. The third-order valence-electron chi connectivity index (χ3n) is 4.08. The molecule has 1 nitrogen and oxygen atoms in total. The van der Waals surface area contributed by atoms with Gasteiger partial charge in [0.2, 0.25) is 0 Å². The normalized spacial score (nSPS) is 58.5. The highest BCUT2D eigenvalue weighted by molar-refractivity contribution is 5.23. The fraction of sp³-hybridized carbons (Fsp3) is 1.00. The molecule has 0 aromatic heterocycles. The molecule has 0 amide bonds. The Hall–Kier alpha value is -0.0400. The molecule has 2 bridgehead atoms. The summed E-state index contributed by atoms with van der Waals surface area (Å²) in [6.07, 6.45) is 8.61. The van der Waals surface area contributed by atoms with E-state index >= 15 is 0 Å². The molecule has 0 radical (unpaired) electrons. The van der Waals surface area contributed by atoms with Gasteiger partial charge in [0.05, 0.1) is 0 Å². The van der Waals surface area contributed by atoms with E-state index in [0.717, 1.165) is 11.3 Å². The van der Waals surface area contributed by atoms with Gasteiger partial charge in [0.1, 0.15) is 0 Å². The maximum absolute atomic E-state index is 5.99. The van der Waals surface area contributed by atoms with E-state index in [1.54, 1.807) is 0 Å². The second-order valence-electron chi connectivity index (χ2n) is 4.88. The second-order valence-corrected chi connectivity index (χ2v) is 4.88. The van der Waals surface area contributed by atoms with Crippen molar-refractivity contribution in [2.24, 2.45) is 17.1 Å². The van der Waals surface area contributed by atoms with Crippen molar-refractivity contribution >= 4 is 0 Å². The van der Waals surface area contributed by atoms with Gasteiger partial charge in [-0.25, -0.2) is 0 Å². The molecule has 0 aromatic carbocycles. The van der Waals surface area contributed by atoms with Crippen molar-refractivity contribution in [3.05, 3.63) is 0 Å². The smallest absolute Gasteiger partial charge is 0.0170 e. The van der Waals surface area contributed by atoms with Crippen LogP contribution < -0.4 is 5.73 Å². The lowest BCUT2D eigenvalue weighted by Crippen LogP contribution is -2.74. The van der Waals surface area contributed by atoms with Gasteiger partial charge in [-0.2, -0.15) is 0 Å². The van der Waals surface area contributed by atoms with Crippen LogP contribution in [0.3, 0.4) is 0 Å². The highest BCUT2D eigenvalue weighted by atomic mass is 14.9. The molecular weight excluding hydrogens is 122 g/mol. The summed E-state index contributed by atoms with van der Waals surface area (Å²) < 4.78 is 0. The first-order valence-electron chi connectivity index (χ1n) is 4.52. The highest BCUT2D eigenvalue weighted by Gasteiger charge is 2.68.